The first-order chi connectivity index (χ1) is 58.6. The number of carbonyl (C=O) groups excluding carboxylic acids is 3. The number of likely N-dealkylation sites (N-methyl/N-ethyl adjacent to an activating group) is 3. The van der Waals surface area contributed by atoms with Gasteiger partial charge in [0.15, 0.2) is 0 Å². The van der Waals surface area contributed by atoms with E-state index in [1.165, 1.54) is 51.7 Å². The van der Waals surface area contributed by atoms with Crippen LogP contribution in [0.15, 0.2) is 110 Å². The summed E-state index contributed by atoms with van der Waals surface area (Å²) in [5.74, 6) is 2.34. The van der Waals surface area contributed by atoms with Crippen LogP contribution in [0, 0.1) is 0 Å². The molecular formula is C86H97F6N21O8S2. The third kappa shape index (κ3) is 16.3. The lowest BCUT2D eigenvalue weighted by Gasteiger charge is -2.35. The van der Waals surface area contributed by atoms with Crippen molar-refractivity contribution < 1.29 is 62.7 Å². The van der Waals surface area contributed by atoms with Gasteiger partial charge < -0.3 is 38.4 Å². The zero-order chi connectivity index (χ0) is 87.3. The molecule has 1 N–H and O–H groups in total. The molecule has 3 fully saturated rings. The molecule has 3 amide bonds. The maximum absolute atomic E-state index is 14.4. The Labute approximate surface area is 707 Å². The van der Waals surface area contributed by atoms with Crippen LogP contribution in [0.5, 0.6) is 0 Å². The Morgan fingerprint density at radius 3 is 0.951 bits per heavy atom. The number of pyridine rings is 3. The van der Waals surface area contributed by atoms with Crippen LogP contribution in [0.3, 0.4) is 0 Å². The Balaban J connectivity index is 0.000000137. The molecule has 123 heavy (non-hydrogen) atoms. The molecule has 0 radical (unpaired) electrons. The number of piperidine rings is 3. The highest BCUT2D eigenvalue weighted by Crippen LogP contribution is 2.47. The van der Waals surface area contributed by atoms with Crippen molar-refractivity contribution >= 4 is 70.5 Å². The maximum atomic E-state index is 14.4. The number of alkyl halides is 6. The number of sulfonamides is 2. The number of amides is 3. The third-order valence-electron chi connectivity index (χ3n) is 24.9. The standard InChI is InChI=1S/C30H35F2N7O2.2C28H31F2N7O3S/c1-18-30(41)36(2)17-25-27(35-29(39(18)25)19-8-11-38(12-9-19)10-5-13-40)21-6-4-7-24-22(21)14-23(28(31)32)26(34-24)20-15-33-37(3)16-20;2*1-16-28(38)34(2)15-23-25(33-27(37(16)23)17-8-10-36(11-9-17)41(4,39)40)19-6-5-7-22-20(19)12-21(26(29)30)24(32-22)18-13-31-35(3)14-18/h4,6-7,14-16,18-19,28,40H,5,8-13,17H2,1-3H3;2*5-7,12-14,16-17,26H,8-11,15H2,1-4H3/t18-;2*16-/m010/s1. The van der Waals surface area contributed by atoms with Crippen molar-refractivity contribution in [3.05, 3.63) is 161 Å². The van der Waals surface area contributed by atoms with Gasteiger partial charge in [0.05, 0.1) is 119 Å². The van der Waals surface area contributed by atoms with Crippen LogP contribution in [0.2, 0.25) is 0 Å². The fourth-order valence-corrected chi connectivity index (χ4v) is 20.3. The number of fused-ring (bicyclic) bond motifs is 6. The Morgan fingerprint density at radius 2 is 0.699 bits per heavy atom. The molecule has 648 valence electrons. The Bertz CT molecular complexity index is 6080. The quantitative estimate of drug-likeness (QED) is 0.0828. The van der Waals surface area contributed by atoms with Crippen LogP contribution in [0.4, 0.5) is 26.3 Å². The minimum Gasteiger partial charge on any atom is -0.396 e. The monoisotopic (exact) mass is 1730 g/mol. The largest absolute Gasteiger partial charge is 0.396 e. The van der Waals surface area contributed by atoms with Crippen LogP contribution in [-0.2, 0) is 75.2 Å². The maximum Gasteiger partial charge on any atom is 0.265 e. The summed E-state index contributed by atoms with van der Waals surface area (Å²) in [7, 11) is 3.85. The molecule has 3 aromatic carbocycles. The molecule has 6 aliphatic rings. The Morgan fingerprint density at radius 1 is 0.415 bits per heavy atom. The van der Waals surface area contributed by atoms with E-state index in [0.29, 0.717) is 143 Å². The summed E-state index contributed by atoms with van der Waals surface area (Å²) in [6.07, 6.45) is 8.61. The average molecular weight is 1730 g/mol. The number of aryl methyl sites for hydroxylation is 3. The summed E-state index contributed by atoms with van der Waals surface area (Å²) in [6, 6.07) is 19.7. The fourth-order valence-electron chi connectivity index (χ4n) is 18.6. The lowest BCUT2D eigenvalue weighted by atomic mass is 9.95. The molecule has 3 saturated heterocycles. The molecule has 3 atom stereocenters. The van der Waals surface area contributed by atoms with Crippen molar-refractivity contribution in [1.29, 1.82) is 0 Å². The number of imidazole rings is 3. The van der Waals surface area contributed by atoms with Crippen molar-refractivity contribution in [2.45, 2.75) is 141 Å². The van der Waals surface area contributed by atoms with Crippen molar-refractivity contribution in [2.24, 2.45) is 21.1 Å². The lowest BCUT2D eigenvalue weighted by Crippen LogP contribution is -2.41. The number of likely N-dealkylation sites (tertiary alicyclic amines) is 1. The summed E-state index contributed by atoms with van der Waals surface area (Å²) in [5, 5.41) is 23.3. The Hall–Kier alpha value is -11.1. The van der Waals surface area contributed by atoms with Gasteiger partial charge in [-0.25, -0.2) is 81.7 Å². The molecule has 0 spiro atoms. The summed E-state index contributed by atoms with van der Waals surface area (Å²) in [5.41, 5.74) is 9.86. The minimum atomic E-state index is -3.30. The smallest absolute Gasteiger partial charge is 0.265 e. The predicted octanol–water partition coefficient (Wildman–Crippen LogP) is 12.7. The van der Waals surface area contributed by atoms with Crippen LogP contribution in [0.25, 0.3) is 100 Å². The number of hydrogen-bond donors (Lipinski definition) is 1. The summed E-state index contributed by atoms with van der Waals surface area (Å²) >= 11 is 0. The highest BCUT2D eigenvalue weighted by Gasteiger charge is 2.42. The van der Waals surface area contributed by atoms with Crippen molar-refractivity contribution in [1.82, 2.24) is 101 Å². The minimum absolute atomic E-state index is 0.0313. The van der Waals surface area contributed by atoms with E-state index in [1.54, 1.807) is 108 Å². The van der Waals surface area contributed by atoms with E-state index in [2.05, 4.69) is 34.7 Å². The van der Waals surface area contributed by atoms with Crippen molar-refractivity contribution in [3.63, 3.8) is 0 Å². The molecule has 18 rings (SSSR count). The van der Waals surface area contributed by atoms with Gasteiger partial charge in [0, 0.05) is 184 Å². The van der Waals surface area contributed by atoms with Gasteiger partial charge in [-0.1, -0.05) is 36.4 Å². The summed E-state index contributed by atoms with van der Waals surface area (Å²) in [4.78, 5) is 75.9. The molecule has 0 aliphatic carbocycles. The lowest BCUT2D eigenvalue weighted by molar-refractivity contribution is -0.136. The number of aliphatic hydroxyl groups is 1. The van der Waals surface area contributed by atoms with E-state index in [9.17, 15) is 62.7 Å². The molecule has 37 heteroatoms. The van der Waals surface area contributed by atoms with E-state index >= 15 is 0 Å². The third-order valence-corrected chi connectivity index (χ3v) is 27.5. The first-order valence-corrected chi connectivity index (χ1v) is 44.8. The van der Waals surface area contributed by atoms with Gasteiger partial charge in [-0.15, -0.1) is 0 Å². The van der Waals surface area contributed by atoms with E-state index < -0.39 is 57.4 Å². The number of benzene rings is 3. The first-order valence-electron chi connectivity index (χ1n) is 41.1. The number of hydrogen-bond acceptors (Lipinski definition) is 18. The van der Waals surface area contributed by atoms with E-state index in [1.807, 2.05) is 72.4 Å². The molecule has 15 heterocycles. The second kappa shape index (κ2) is 33.8. The van der Waals surface area contributed by atoms with Gasteiger partial charge >= 0.3 is 0 Å². The Kier molecular flexibility index (Phi) is 23.5. The highest BCUT2D eigenvalue weighted by atomic mass is 32.2. The zero-order valence-corrected chi connectivity index (χ0v) is 71.7. The highest BCUT2D eigenvalue weighted by molar-refractivity contribution is 7.88. The van der Waals surface area contributed by atoms with E-state index in [4.69, 9.17) is 19.9 Å². The second-order valence-corrected chi connectivity index (χ2v) is 37.1. The molecule has 9 aromatic heterocycles. The van der Waals surface area contributed by atoms with Crippen LogP contribution < -0.4 is 0 Å². The number of halogens is 6. The molecular weight excluding hydrogens is 1630 g/mol. The number of rotatable bonds is 17. The topological polar surface area (TPSA) is 305 Å². The van der Waals surface area contributed by atoms with Gasteiger partial charge in [-0.05, 0) is 115 Å². The van der Waals surface area contributed by atoms with Crippen molar-refractivity contribution in [3.8, 4) is 67.5 Å². The zero-order valence-electron chi connectivity index (χ0n) is 70.1. The molecule has 6 aliphatic heterocycles. The number of aliphatic hydroxyl groups excluding tert-OH is 1. The predicted molar refractivity (Wildman–Crippen MR) is 451 cm³/mol. The molecule has 0 unspecified atom stereocenters. The number of aromatic nitrogens is 15. The molecule has 12 aromatic rings. The van der Waals surface area contributed by atoms with Crippen LogP contribution in [0.1, 0.15) is 172 Å². The van der Waals surface area contributed by atoms with Crippen LogP contribution >= 0.6 is 0 Å². The van der Waals surface area contributed by atoms with Gasteiger partial charge in [-0.2, -0.15) is 15.3 Å². The molecule has 29 nitrogen and oxygen atoms in total. The molecule has 0 bridgehead atoms. The number of carbonyl (C=O) groups is 3. The van der Waals surface area contributed by atoms with Crippen LogP contribution in [-0.4, -0.2) is 227 Å². The second-order valence-electron chi connectivity index (χ2n) is 33.1. The normalized spacial score (nSPS) is 18.8. The van der Waals surface area contributed by atoms with Crippen molar-refractivity contribution in [2.75, 3.05) is 86.1 Å². The van der Waals surface area contributed by atoms with Gasteiger partial charge in [0.2, 0.25) is 37.8 Å². The summed E-state index contributed by atoms with van der Waals surface area (Å²) < 4.78 is 148. The van der Waals surface area contributed by atoms with E-state index in [-0.39, 0.29) is 75.9 Å². The average Bonchev–Trinajstić information content (AvgIpc) is 1.61. The fraction of sp³-hybridized carbons (Fsp3) is 0.442. The SMILES string of the molecule is C[C@@H]1C(=O)N(C)Cc2c(-c3cccc4nc(-c5cnn(C)c5)c(C(F)F)cc34)nc(C3CCN(S(C)(=O)=O)CC3)n21.C[C@H]1C(=O)N(C)Cc2c(-c3cccc4nc(-c5cnn(C)c5)c(C(F)F)cc34)nc(C3CCN(CCCO)CC3)n21.C[C@H]1C(=O)N(C)Cc2c(-c3cccc4nc(-c5cnn(C)c5)c(C(F)F)cc34)nc(C3CCN(S(C)(=O)=O)CC3)n21. The number of nitrogens with zero attached hydrogens (tertiary/aromatic N) is 21. The van der Waals surface area contributed by atoms with Gasteiger partial charge in [0.1, 0.15) is 35.6 Å². The van der Waals surface area contributed by atoms with Gasteiger partial charge in [-0.3, -0.25) is 28.4 Å². The van der Waals surface area contributed by atoms with Gasteiger partial charge in [0.25, 0.3) is 19.3 Å². The molecule has 0 saturated carbocycles. The summed E-state index contributed by atoms with van der Waals surface area (Å²) in [6.45, 7) is 10.9. The first kappa shape index (κ1) is 85.4. The van der Waals surface area contributed by atoms with E-state index in [0.717, 1.165) is 84.7 Å².